The van der Waals surface area contributed by atoms with Crippen LogP contribution in [0.15, 0.2) is 29.4 Å². The number of halogens is 3. The molecule has 1 aliphatic heterocycles. The van der Waals surface area contributed by atoms with Gasteiger partial charge in [-0.2, -0.15) is 23.3 Å². The van der Waals surface area contributed by atoms with Crippen molar-refractivity contribution in [1.82, 2.24) is 5.01 Å². The van der Waals surface area contributed by atoms with Gasteiger partial charge >= 0.3 is 6.18 Å². The van der Waals surface area contributed by atoms with Gasteiger partial charge in [0, 0.05) is 17.4 Å². The monoisotopic (exact) mass is 330 g/mol. The smallest absolute Gasteiger partial charge is 0.431 e. The number of phenolic OH excluding ortho intramolecular Hbond substituents is 1. The molecular formula is C15H17F3N2O3. The molecule has 0 saturated heterocycles. The lowest BCUT2D eigenvalue weighted by molar-refractivity contribution is -0.144. The minimum Gasteiger partial charge on any atom is -0.508 e. The molecule has 23 heavy (non-hydrogen) atoms. The van der Waals surface area contributed by atoms with E-state index in [2.05, 4.69) is 5.10 Å². The van der Waals surface area contributed by atoms with Gasteiger partial charge in [-0.05, 0) is 18.2 Å². The summed E-state index contributed by atoms with van der Waals surface area (Å²) in [6.45, 7) is 4.56. The van der Waals surface area contributed by atoms with Gasteiger partial charge in [-0.1, -0.05) is 26.8 Å². The number of rotatable bonds is 1. The number of phenols is 1. The molecule has 0 fully saturated rings. The van der Waals surface area contributed by atoms with Crippen LogP contribution in [0.5, 0.6) is 5.75 Å². The van der Waals surface area contributed by atoms with Gasteiger partial charge in [0.1, 0.15) is 11.5 Å². The quantitative estimate of drug-likeness (QED) is 0.831. The SMILES string of the molecule is CC(C)(C)[C@@]1(O)CC(C(F)(F)F)=NN1C(=O)c1cccc(O)c1. The van der Waals surface area contributed by atoms with E-state index < -0.39 is 35.4 Å². The third-order valence-corrected chi connectivity index (χ3v) is 3.80. The van der Waals surface area contributed by atoms with Gasteiger partial charge in [-0.25, -0.2) is 0 Å². The van der Waals surface area contributed by atoms with E-state index in [9.17, 15) is 28.2 Å². The van der Waals surface area contributed by atoms with Gasteiger partial charge in [0.05, 0.1) is 0 Å². The Morgan fingerprint density at radius 1 is 1.30 bits per heavy atom. The minimum absolute atomic E-state index is 0.0696. The van der Waals surface area contributed by atoms with E-state index in [1.807, 2.05) is 0 Å². The number of carbonyl (C=O) groups is 1. The Hall–Kier alpha value is -2.09. The van der Waals surface area contributed by atoms with Crippen molar-refractivity contribution in [2.24, 2.45) is 10.5 Å². The number of amides is 1. The maximum Gasteiger partial charge on any atom is 0.431 e. The second-order valence-corrected chi connectivity index (χ2v) is 6.46. The van der Waals surface area contributed by atoms with Gasteiger partial charge in [0.15, 0.2) is 5.72 Å². The first kappa shape index (κ1) is 17.3. The van der Waals surface area contributed by atoms with E-state index in [0.29, 0.717) is 5.01 Å². The molecule has 2 rings (SSSR count). The minimum atomic E-state index is -4.74. The molecule has 0 aromatic heterocycles. The molecule has 0 radical (unpaired) electrons. The summed E-state index contributed by atoms with van der Waals surface area (Å²) >= 11 is 0. The first-order valence-electron chi connectivity index (χ1n) is 6.87. The zero-order valence-corrected chi connectivity index (χ0v) is 12.8. The lowest BCUT2D eigenvalue weighted by Gasteiger charge is -2.41. The number of hydrogen-bond donors (Lipinski definition) is 2. The summed E-state index contributed by atoms with van der Waals surface area (Å²) in [4.78, 5) is 12.5. The Balaban J connectivity index is 2.50. The lowest BCUT2D eigenvalue weighted by atomic mass is 9.80. The van der Waals surface area contributed by atoms with Crippen molar-refractivity contribution >= 4 is 11.6 Å². The molecule has 0 bridgehead atoms. The molecule has 1 aromatic rings. The molecule has 2 N–H and O–H groups in total. The molecule has 1 atom stereocenters. The third kappa shape index (κ3) is 3.03. The molecule has 8 heteroatoms. The Bertz CT molecular complexity index is 665. The molecule has 1 heterocycles. The highest BCUT2D eigenvalue weighted by Crippen LogP contribution is 2.44. The standard InChI is InChI=1S/C15H17F3N2O3/c1-13(2,3)14(23)8-11(15(16,17)18)19-20(14)12(22)9-5-4-6-10(21)7-9/h4-7,21,23H,8H2,1-3H3/t14-/m0/s1. The predicted octanol–water partition coefficient (Wildman–Crippen LogP) is 2.89. The van der Waals surface area contributed by atoms with Crippen LogP contribution >= 0.6 is 0 Å². The fourth-order valence-corrected chi connectivity index (χ4v) is 2.26. The van der Waals surface area contributed by atoms with Crippen molar-refractivity contribution < 1.29 is 28.2 Å². The molecule has 0 spiro atoms. The van der Waals surface area contributed by atoms with Gasteiger partial charge in [-0.3, -0.25) is 4.79 Å². The number of benzene rings is 1. The molecule has 5 nitrogen and oxygen atoms in total. The van der Waals surface area contributed by atoms with Crippen molar-refractivity contribution in [2.75, 3.05) is 0 Å². The van der Waals surface area contributed by atoms with Crippen molar-refractivity contribution in [3.63, 3.8) is 0 Å². The van der Waals surface area contributed by atoms with Crippen molar-refractivity contribution in [1.29, 1.82) is 0 Å². The van der Waals surface area contributed by atoms with Crippen LogP contribution in [0.4, 0.5) is 13.2 Å². The number of aromatic hydroxyl groups is 1. The Morgan fingerprint density at radius 3 is 2.39 bits per heavy atom. The topological polar surface area (TPSA) is 73.1 Å². The second-order valence-electron chi connectivity index (χ2n) is 6.46. The number of aliphatic hydroxyl groups is 1. The van der Waals surface area contributed by atoms with Crippen LogP contribution in [0.1, 0.15) is 37.6 Å². The predicted molar refractivity (Wildman–Crippen MR) is 76.8 cm³/mol. The van der Waals surface area contributed by atoms with Crippen LogP contribution in [0.3, 0.4) is 0 Å². The van der Waals surface area contributed by atoms with E-state index in [-0.39, 0.29) is 11.3 Å². The lowest BCUT2D eigenvalue weighted by Crippen LogP contribution is -2.55. The van der Waals surface area contributed by atoms with Crippen molar-refractivity contribution in [2.45, 2.75) is 39.1 Å². The molecule has 0 aliphatic carbocycles. The summed E-state index contributed by atoms with van der Waals surface area (Å²) in [5.41, 5.74) is -4.49. The van der Waals surface area contributed by atoms with Gasteiger partial charge in [0.2, 0.25) is 0 Å². The number of alkyl halides is 3. The van der Waals surface area contributed by atoms with Crippen LogP contribution in [0, 0.1) is 5.41 Å². The number of hydrogen-bond acceptors (Lipinski definition) is 4. The van der Waals surface area contributed by atoms with Crippen molar-refractivity contribution in [3.05, 3.63) is 29.8 Å². The zero-order chi connectivity index (χ0) is 17.6. The van der Waals surface area contributed by atoms with E-state index in [4.69, 9.17) is 0 Å². The molecule has 1 amide bonds. The molecule has 1 aliphatic rings. The zero-order valence-electron chi connectivity index (χ0n) is 12.8. The highest BCUT2D eigenvalue weighted by Gasteiger charge is 2.57. The van der Waals surface area contributed by atoms with Crippen LogP contribution in [0.25, 0.3) is 0 Å². The maximum absolute atomic E-state index is 13.0. The number of carbonyl (C=O) groups excluding carboxylic acids is 1. The van der Waals surface area contributed by atoms with Crippen molar-refractivity contribution in [3.8, 4) is 5.75 Å². The van der Waals surface area contributed by atoms with Gasteiger partial charge in [-0.15, -0.1) is 0 Å². The number of hydrazone groups is 1. The summed E-state index contributed by atoms with van der Waals surface area (Å²) < 4.78 is 38.9. The fraction of sp³-hybridized carbons (Fsp3) is 0.467. The third-order valence-electron chi connectivity index (χ3n) is 3.80. The summed E-state index contributed by atoms with van der Waals surface area (Å²) in [7, 11) is 0. The Labute approximate surface area is 131 Å². The molecule has 0 unspecified atom stereocenters. The Morgan fingerprint density at radius 2 is 1.91 bits per heavy atom. The summed E-state index contributed by atoms with van der Waals surface area (Å²) in [6, 6.07) is 5.13. The molecule has 126 valence electrons. The number of nitrogens with zero attached hydrogens (tertiary/aromatic N) is 2. The molecular weight excluding hydrogens is 313 g/mol. The molecule has 0 saturated carbocycles. The van der Waals surface area contributed by atoms with Crippen LogP contribution in [0.2, 0.25) is 0 Å². The normalized spacial score (nSPS) is 22.2. The van der Waals surface area contributed by atoms with E-state index >= 15 is 0 Å². The van der Waals surface area contributed by atoms with E-state index in [1.165, 1.54) is 39.0 Å². The van der Waals surface area contributed by atoms with Gasteiger partial charge < -0.3 is 10.2 Å². The average Bonchev–Trinajstić information content (AvgIpc) is 2.77. The summed E-state index contributed by atoms with van der Waals surface area (Å²) in [5, 5.41) is 24.0. The maximum atomic E-state index is 13.0. The van der Waals surface area contributed by atoms with Crippen LogP contribution < -0.4 is 0 Å². The largest absolute Gasteiger partial charge is 0.508 e. The first-order chi connectivity index (χ1) is 10.4. The summed E-state index contributed by atoms with van der Waals surface area (Å²) in [5.74, 6) is -1.13. The first-order valence-corrected chi connectivity index (χ1v) is 6.87. The summed E-state index contributed by atoms with van der Waals surface area (Å²) in [6.07, 6.45) is -5.56. The van der Waals surface area contributed by atoms with Crippen LogP contribution in [-0.4, -0.2) is 38.7 Å². The highest BCUT2D eigenvalue weighted by atomic mass is 19.4. The van der Waals surface area contributed by atoms with Gasteiger partial charge in [0.25, 0.3) is 5.91 Å². The van der Waals surface area contributed by atoms with Crippen LogP contribution in [-0.2, 0) is 0 Å². The van der Waals surface area contributed by atoms with E-state index in [1.54, 1.807) is 0 Å². The highest BCUT2D eigenvalue weighted by molar-refractivity contribution is 6.00. The molecule has 1 aromatic carbocycles. The Kier molecular flexibility index (Phi) is 3.92. The second kappa shape index (κ2) is 5.23. The average molecular weight is 330 g/mol. The fourth-order valence-electron chi connectivity index (χ4n) is 2.26. The van der Waals surface area contributed by atoms with E-state index in [0.717, 1.165) is 6.07 Å².